The first-order valence-electron chi connectivity index (χ1n) is 9.77. The van der Waals surface area contributed by atoms with Gasteiger partial charge >= 0.3 is 5.97 Å². The maximum atomic E-state index is 13.3. The predicted octanol–water partition coefficient (Wildman–Crippen LogP) is 4.38. The lowest BCUT2D eigenvalue weighted by molar-refractivity contribution is -0.146. The van der Waals surface area contributed by atoms with Crippen LogP contribution in [0.4, 0.5) is 0 Å². The number of carbonyl (C=O) groups excluding carboxylic acids is 2. The van der Waals surface area contributed by atoms with Crippen molar-refractivity contribution < 1.29 is 19.1 Å². The van der Waals surface area contributed by atoms with Crippen LogP contribution in [0.5, 0.6) is 5.75 Å². The van der Waals surface area contributed by atoms with Gasteiger partial charge < -0.3 is 14.4 Å². The zero-order valence-corrected chi connectivity index (χ0v) is 17.8. The van der Waals surface area contributed by atoms with E-state index in [1.165, 1.54) is 18.4 Å². The highest BCUT2D eigenvalue weighted by Crippen LogP contribution is 2.28. The molecule has 1 aromatic heterocycles. The number of hydrogen-bond acceptors (Lipinski definition) is 5. The van der Waals surface area contributed by atoms with E-state index >= 15 is 0 Å². The second-order valence-electron chi connectivity index (χ2n) is 7.37. The summed E-state index contributed by atoms with van der Waals surface area (Å²) in [5, 5.41) is 1.92. The fraction of sp³-hybridized carbons (Fsp3) is 0.250. The summed E-state index contributed by atoms with van der Waals surface area (Å²) in [4.78, 5) is 27.8. The van der Waals surface area contributed by atoms with Gasteiger partial charge in [0.15, 0.2) is 0 Å². The van der Waals surface area contributed by atoms with Crippen LogP contribution < -0.4 is 4.74 Å². The second kappa shape index (κ2) is 8.71. The topological polar surface area (TPSA) is 55.8 Å². The minimum absolute atomic E-state index is 0.160. The molecule has 0 radical (unpaired) electrons. The standard InChI is InChI=1S/C24H23NO4S/c1-16-6-5-9-20(10-16)29-14-17-11-22(30-15-17)23(26)25-13-19-8-4-3-7-18(19)12-21(25)24(27)28-2/h3-11,15,21H,12-14H2,1-2H3. The molecule has 3 aromatic rings. The highest BCUT2D eigenvalue weighted by Gasteiger charge is 2.36. The van der Waals surface area contributed by atoms with Crippen LogP contribution in [0.15, 0.2) is 60.0 Å². The molecule has 1 amide bonds. The molecular weight excluding hydrogens is 398 g/mol. The van der Waals surface area contributed by atoms with Gasteiger partial charge in [-0.15, -0.1) is 11.3 Å². The van der Waals surface area contributed by atoms with Crippen LogP contribution in [-0.4, -0.2) is 29.9 Å². The Morgan fingerprint density at radius 3 is 2.67 bits per heavy atom. The first-order chi connectivity index (χ1) is 14.5. The van der Waals surface area contributed by atoms with Crippen LogP contribution in [0.25, 0.3) is 0 Å². The Hall–Kier alpha value is -3.12. The normalized spacial score (nSPS) is 15.4. The summed E-state index contributed by atoms with van der Waals surface area (Å²) in [5.74, 6) is 0.247. The molecule has 1 unspecified atom stereocenters. The summed E-state index contributed by atoms with van der Waals surface area (Å²) in [6, 6.07) is 17.0. The molecule has 154 valence electrons. The van der Waals surface area contributed by atoms with Crippen LogP contribution >= 0.6 is 11.3 Å². The fourth-order valence-corrected chi connectivity index (χ4v) is 4.51. The van der Waals surface area contributed by atoms with Crippen LogP contribution in [0.1, 0.15) is 31.9 Å². The average molecular weight is 422 g/mol. The third-order valence-electron chi connectivity index (χ3n) is 5.24. The molecule has 30 heavy (non-hydrogen) atoms. The van der Waals surface area contributed by atoms with Gasteiger partial charge in [0, 0.05) is 18.5 Å². The molecule has 0 N–H and O–H groups in total. The van der Waals surface area contributed by atoms with Crippen molar-refractivity contribution in [3.63, 3.8) is 0 Å². The maximum Gasteiger partial charge on any atom is 0.328 e. The summed E-state index contributed by atoms with van der Waals surface area (Å²) in [6.07, 6.45) is 0.462. The Morgan fingerprint density at radius 2 is 1.90 bits per heavy atom. The minimum atomic E-state index is -0.619. The summed E-state index contributed by atoms with van der Waals surface area (Å²) in [6.45, 7) is 2.79. The average Bonchev–Trinajstić information content (AvgIpc) is 3.25. The maximum absolute atomic E-state index is 13.3. The molecular formula is C24H23NO4S. The van der Waals surface area contributed by atoms with Crippen LogP contribution in [-0.2, 0) is 29.1 Å². The summed E-state index contributed by atoms with van der Waals surface area (Å²) >= 11 is 1.37. The molecule has 0 fully saturated rings. The minimum Gasteiger partial charge on any atom is -0.489 e. The lowest BCUT2D eigenvalue weighted by atomic mass is 9.93. The zero-order valence-electron chi connectivity index (χ0n) is 17.0. The lowest BCUT2D eigenvalue weighted by Gasteiger charge is -2.34. The van der Waals surface area contributed by atoms with Crippen molar-refractivity contribution >= 4 is 23.2 Å². The highest BCUT2D eigenvalue weighted by atomic mass is 32.1. The van der Waals surface area contributed by atoms with Gasteiger partial charge in [0.1, 0.15) is 18.4 Å². The Morgan fingerprint density at radius 1 is 1.10 bits per heavy atom. The van der Waals surface area contributed by atoms with Gasteiger partial charge in [-0.25, -0.2) is 4.79 Å². The number of ether oxygens (including phenoxy) is 2. The van der Waals surface area contributed by atoms with Crippen molar-refractivity contribution in [3.05, 3.63) is 87.1 Å². The second-order valence-corrected chi connectivity index (χ2v) is 8.28. The number of aryl methyl sites for hydroxylation is 1. The zero-order chi connectivity index (χ0) is 21.1. The highest BCUT2D eigenvalue weighted by molar-refractivity contribution is 7.12. The lowest BCUT2D eigenvalue weighted by Crippen LogP contribution is -2.49. The van der Waals surface area contributed by atoms with Gasteiger partial charge in [0.05, 0.1) is 12.0 Å². The smallest absolute Gasteiger partial charge is 0.328 e. The monoisotopic (exact) mass is 421 g/mol. The molecule has 0 aliphatic carbocycles. The number of hydrogen-bond donors (Lipinski definition) is 0. The van der Waals surface area contributed by atoms with E-state index < -0.39 is 12.0 Å². The van der Waals surface area contributed by atoms with E-state index in [0.29, 0.717) is 24.4 Å². The van der Waals surface area contributed by atoms with Gasteiger partial charge in [-0.05, 0) is 47.2 Å². The number of benzene rings is 2. The third-order valence-corrected chi connectivity index (χ3v) is 6.21. The number of thiophene rings is 1. The first-order valence-corrected chi connectivity index (χ1v) is 10.7. The molecule has 1 aliphatic rings. The molecule has 6 heteroatoms. The Bertz CT molecular complexity index is 1070. The molecule has 5 nitrogen and oxygen atoms in total. The summed E-state index contributed by atoms with van der Waals surface area (Å²) in [5.41, 5.74) is 4.20. The van der Waals surface area contributed by atoms with Crippen LogP contribution in [0.3, 0.4) is 0 Å². The van der Waals surface area contributed by atoms with Crippen molar-refractivity contribution in [2.75, 3.05) is 7.11 Å². The molecule has 2 heterocycles. The van der Waals surface area contributed by atoms with E-state index in [1.807, 2.05) is 66.9 Å². The molecule has 1 atom stereocenters. The van der Waals surface area contributed by atoms with Gasteiger partial charge in [-0.1, -0.05) is 36.4 Å². The number of carbonyl (C=O) groups is 2. The molecule has 2 aromatic carbocycles. The Labute approximate surface area is 179 Å². The van der Waals surface area contributed by atoms with Gasteiger partial charge in [-0.3, -0.25) is 4.79 Å². The Balaban J connectivity index is 1.51. The molecule has 0 bridgehead atoms. The van der Waals surface area contributed by atoms with E-state index in [4.69, 9.17) is 9.47 Å². The van der Waals surface area contributed by atoms with Crippen LogP contribution in [0, 0.1) is 6.92 Å². The quantitative estimate of drug-likeness (QED) is 0.574. The number of amides is 1. The number of rotatable bonds is 5. The van der Waals surface area contributed by atoms with E-state index in [2.05, 4.69) is 0 Å². The molecule has 1 aliphatic heterocycles. The van der Waals surface area contributed by atoms with E-state index in [9.17, 15) is 9.59 Å². The molecule has 0 spiro atoms. The molecule has 4 rings (SSSR count). The summed E-state index contributed by atoms with van der Waals surface area (Å²) in [7, 11) is 1.36. The molecule has 0 saturated heterocycles. The predicted molar refractivity (Wildman–Crippen MR) is 116 cm³/mol. The van der Waals surface area contributed by atoms with Crippen molar-refractivity contribution in [2.24, 2.45) is 0 Å². The fourth-order valence-electron chi connectivity index (χ4n) is 3.66. The van der Waals surface area contributed by atoms with E-state index in [1.54, 1.807) is 4.90 Å². The number of fused-ring (bicyclic) bond motifs is 1. The van der Waals surface area contributed by atoms with Gasteiger partial charge in [0.2, 0.25) is 0 Å². The number of esters is 1. The largest absolute Gasteiger partial charge is 0.489 e. The van der Waals surface area contributed by atoms with Gasteiger partial charge in [0.25, 0.3) is 5.91 Å². The molecule has 0 saturated carbocycles. The van der Waals surface area contributed by atoms with Crippen molar-refractivity contribution in [1.82, 2.24) is 4.90 Å². The van der Waals surface area contributed by atoms with Crippen molar-refractivity contribution in [2.45, 2.75) is 32.5 Å². The summed E-state index contributed by atoms with van der Waals surface area (Å²) < 4.78 is 10.8. The number of nitrogens with zero attached hydrogens (tertiary/aromatic N) is 1. The van der Waals surface area contributed by atoms with E-state index in [0.717, 1.165) is 28.0 Å². The van der Waals surface area contributed by atoms with Gasteiger partial charge in [-0.2, -0.15) is 0 Å². The van der Waals surface area contributed by atoms with Crippen molar-refractivity contribution in [3.8, 4) is 5.75 Å². The first kappa shape index (κ1) is 20.2. The van der Waals surface area contributed by atoms with E-state index in [-0.39, 0.29) is 5.91 Å². The Kier molecular flexibility index (Phi) is 5.86. The SMILES string of the molecule is COC(=O)C1Cc2ccccc2CN1C(=O)c1cc(COc2cccc(C)c2)cs1. The third kappa shape index (κ3) is 4.24. The van der Waals surface area contributed by atoms with Crippen LogP contribution in [0.2, 0.25) is 0 Å². The number of methoxy groups -OCH3 is 1. The van der Waals surface area contributed by atoms with Crippen molar-refractivity contribution in [1.29, 1.82) is 0 Å².